The standard InChI is InChI=1S/C13H14N2O4/c1-15-11(10(6-14-15)13(17)18)8-19-12-5-3-2-4-9(12)7-16/h2-6,16H,7-8H2,1H3,(H,17,18). The van der Waals surface area contributed by atoms with Crippen LogP contribution in [0.1, 0.15) is 21.6 Å². The van der Waals surface area contributed by atoms with Crippen molar-refractivity contribution in [3.63, 3.8) is 0 Å². The van der Waals surface area contributed by atoms with Crippen LogP contribution in [0.4, 0.5) is 0 Å². The maximum atomic E-state index is 11.0. The number of hydrogen-bond donors (Lipinski definition) is 2. The Balaban J connectivity index is 2.19. The predicted molar refractivity (Wildman–Crippen MR) is 66.9 cm³/mol. The van der Waals surface area contributed by atoms with Crippen LogP contribution in [0.2, 0.25) is 0 Å². The van der Waals surface area contributed by atoms with Gasteiger partial charge in [-0.25, -0.2) is 4.79 Å². The van der Waals surface area contributed by atoms with Crippen molar-refractivity contribution in [2.45, 2.75) is 13.2 Å². The number of aromatic nitrogens is 2. The lowest BCUT2D eigenvalue weighted by molar-refractivity contribution is 0.0693. The van der Waals surface area contributed by atoms with Crippen LogP contribution in [0.15, 0.2) is 30.5 Å². The van der Waals surface area contributed by atoms with Gasteiger partial charge in [-0.15, -0.1) is 0 Å². The van der Waals surface area contributed by atoms with Crippen LogP contribution in [0.25, 0.3) is 0 Å². The third-order valence-corrected chi connectivity index (χ3v) is 2.80. The smallest absolute Gasteiger partial charge is 0.339 e. The number of aryl methyl sites for hydroxylation is 1. The molecule has 2 aromatic rings. The number of carboxylic acid groups (broad SMARTS) is 1. The van der Waals surface area contributed by atoms with Crippen molar-refractivity contribution >= 4 is 5.97 Å². The zero-order valence-electron chi connectivity index (χ0n) is 10.4. The number of carboxylic acids is 1. The summed E-state index contributed by atoms with van der Waals surface area (Å²) in [5.41, 5.74) is 1.24. The Kier molecular flexibility index (Phi) is 3.82. The molecule has 2 rings (SSSR count). The maximum absolute atomic E-state index is 11.0. The fourth-order valence-corrected chi connectivity index (χ4v) is 1.73. The summed E-state index contributed by atoms with van der Waals surface area (Å²) in [7, 11) is 1.66. The monoisotopic (exact) mass is 262 g/mol. The van der Waals surface area contributed by atoms with E-state index in [1.807, 2.05) is 0 Å². The first-order chi connectivity index (χ1) is 9.13. The Morgan fingerprint density at radius 3 is 2.84 bits per heavy atom. The minimum atomic E-state index is -1.04. The SMILES string of the molecule is Cn1ncc(C(=O)O)c1COc1ccccc1CO. The molecule has 0 saturated carbocycles. The second-order valence-electron chi connectivity index (χ2n) is 3.99. The van der Waals surface area contributed by atoms with Crippen molar-refractivity contribution in [3.8, 4) is 5.75 Å². The van der Waals surface area contributed by atoms with E-state index in [1.165, 1.54) is 10.9 Å². The minimum absolute atomic E-state index is 0.0785. The number of ether oxygens (including phenoxy) is 1. The molecule has 0 aliphatic rings. The first-order valence-electron chi connectivity index (χ1n) is 5.69. The zero-order valence-corrected chi connectivity index (χ0v) is 10.4. The number of rotatable bonds is 5. The molecule has 0 saturated heterocycles. The fourth-order valence-electron chi connectivity index (χ4n) is 1.73. The Morgan fingerprint density at radius 1 is 1.42 bits per heavy atom. The van der Waals surface area contributed by atoms with Crippen LogP contribution >= 0.6 is 0 Å². The molecule has 19 heavy (non-hydrogen) atoms. The Labute approximate surface area is 109 Å². The number of aliphatic hydroxyl groups is 1. The van der Waals surface area contributed by atoms with Gasteiger partial charge in [-0.2, -0.15) is 5.10 Å². The highest BCUT2D eigenvalue weighted by molar-refractivity contribution is 5.88. The molecule has 0 radical (unpaired) electrons. The van der Waals surface area contributed by atoms with Crippen molar-refractivity contribution < 1.29 is 19.7 Å². The molecule has 100 valence electrons. The Morgan fingerprint density at radius 2 is 2.16 bits per heavy atom. The molecule has 0 spiro atoms. The summed E-state index contributed by atoms with van der Waals surface area (Å²) in [6, 6.07) is 7.06. The zero-order chi connectivity index (χ0) is 13.8. The van der Waals surface area contributed by atoms with Gasteiger partial charge in [-0.1, -0.05) is 18.2 Å². The maximum Gasteiger partial charge on any atom is 0.339 e. The van der Waals surface area contributed by atoms with Gasteiger partial charge in [0, 0.05) is 12.6 Å². The van der Waals surface area contributed by atoms with Gasteiger partial charge in [-0.3, -0.25) is 4.68 Å². The molecule has 2 N–H and O–H groups in total. The highest BCUT2D eigenvalue weighted by atomic mass is 16.5. The van der Waals surface area contributed by atoms with E-state index in [9.17, 15) is 9.90 Å². The molecule has 0 fully saturated rings. The van der Waals surface area contributed by atoms with Crippen LogP contribution in [0.5, 0.6) is 5.75 Å². The topological polar surface area (TPSA) is 84.6 Å². The number of hydrogen-bond acceptors (Lipinski definition) is 4. The number of benzene rings is 1. The van der Waals surface area contributed by atoms with Gasteiger partial charge in [0.2, 0.25) is 0 Å². The van der Waals surface area contributed by atoms with Gasteiger partial charge in [0.15, 0.2) is 0 Å². The molecule has 1 aromatic heterocycles. The van der Waals surface area contributed by atoms with Crippen molar-refractivity contribution in [1.29, 1.82) is 0 Å². The van der Waals surface area contributed by atoms with E-state index in [0.29, 0.717) is 17.0 Å². The molecule has 6 nitrogen and oxygen atoms in total. The third kappa shape index (κ3) is 2.74. The van der Waals surface area contributed by atoms with E-state index in [2.05, 4.69) is 5.10 Å². The molecule has 0 unspecified atom stereocenters. The normalized spacial score (nSPS) is 10.4. The van der Waals surface area contributed by atoms with Crippen molar-refractivity contribution in [1.82, 2.24) is 9.78 Å². The van der Waals surface area contributed by atoms with Crippen molar-refractivity contribution in [2.24, 2.45) is 7.05 Å². The summed E-state index contributed by atoms with van der Waals surface area (Å²) >= 11 is 0. The van der Waals surface area contributed by atoms with Crippen LogP contribution in [-0.4, -0.2) is 26.0 Å². The summed E-state index contributed by atoms with van der Waals surface area (Å²) in [4.78, 5) is 11.0. The molecule has 0 aliphatic heterocycles. The molecule has 0 atom stereocenters. The lowest BCUT2D eigenvalue weighted by Crippen LogP contribution is -2.09. The summed E-state index contributed by atoms with van der Waals surface area (Å²) in [6.07, 6.45) is 1.29. The minimum Gasteiger partial charge on any atom is -0.487 e. The van der Waals surface area contributed by atoms with Gasteiger partial charge in [-0.05, 0) is 6.07 Å². The molecule has 0 amide bonds. The van der Waals surface area contributed by atoms with Crippen LogP contribution < -0.4 is 4.74 Å². The number of aromatic carboxylic acids is 1. The lowest BCUT2D eigenvalue weighted by atomic mass is 10.2. The van der Waals surface area contributed by atoms with Crippen molar-refractivity contribution in [2.75, 3.05) is 0 Å². The summed E-state index contributed by atoms with van der Waals surface area (Å²) in [6.45, 7) is -0.0531. The summed E-state index contributed by atoms with van der Waals surface area (Å²) in [5.74, 6) is -0.510. The van der Waals surface area contributed by atoms with Gasteiger partial charge >= 0.3 is 5.97 Å². The van der Waals surface area contributed by atoms with E-state index < -0.39 is 5.97 Å². The van der Waals surface area contributed by atoms with E-state index in [4.69, 9.17) is 9.84 Å². The van der Waals surface area contributed by atoms with E-state index in [-0.39, 0.29) is 18.8 Å². The van der Waals surface area contributed by atoms with E-state index in [0.717, 1.165) is 0 Å². The van der Waals surface area contributed by atoms with E-state index >= 15 is 0 Å². The Bertz CT molecular complexity index is 592. The molecular formula is C13H14N2O4. The van der Waals surface area contributed by atoms with Crippen LogP contribution in [0.3, 0.4) is 0 Å². The highest BCUT2D eigenvalue weighted by Crippen LogP contribution is 2.20. The molecule has 1 heterocycles. The summed E-state index contributed by atoms with van der Waals surface area (Å²) in [5, 5.41) is 22.1. The number of para-hydroxylation sites is 1. The molecule has 1 aromatic carbocycles. The average molecular weight is 262 g/mol. The fraction of sp³-hybridized carbons (Fsp3) is 0.231. The van der Waals surface area contributed by atoms with Gasteiger partial charge in [0.1, 0.15) is 17.9 Å². The van der Waals surface area contributed by atoms with Crippen LogP contribution in [0, 0.1) is 0 Å². The molecule has 0 aliphatic carbocycles. The number of carbonyl (C=O) groups is 1. The second kappa shape index (κ2) is 5.53. The highest BCUT2D eigenvalue weighted by Gasteiger charge is 2.15. The van der Waals surface area contributed by atoms with Crippen molar-refractivity contribution in [3.05, 3.63) is 47.3 Å². The molecule has 0 bridgehead atoms. The van der Waals surface area contributed by atoms with Gasteiger partial charge in [0.25, 0.3) is 0 Å². The summed E-state index contributed by atoms with van der Waals surface area (Å²) < 4.78 is 7.02. The molecular weight excluding hydrogens is 248 g/mol. The average Bonchev–Trinajstić information content (AvgIpc) is 2.78. The quantitative estimate of drug-likeness (QED) is 0.845. The van der Waals surface area contributed by atoms with E-state index in [1.54, 1.807) is 31.3 Å². The lowest BCUT2D eigenvalue weighted by Gasteiger charge is -2.10. The second-order valence-corrected chi connectivity index (χ2v) is 3.99. The third-order valence-electron chi connectivity index (χ3n) is 2.80. The first kappa shape index (κ1) is 13.1. The molecule has 6 heteroatoms. The first-order valence-corrected chi connectivity index (χ1v) is 5.69. The number of nitrogens with zero attached hydrogens (tertiary/aromatic N) is 2. The van der Waals surface area contributed by atoms with Gasteiger partial charge < -0.3 is 14.9 Å². The Hall–Kier alpha value is -2.34. The number of aliphatic hydroxyl groups excluding tert-OH is 1. The predicted octanol–water partition coefficient (Wildman–Crippen LogP) is 1.19. The van der Waals surface area contributed by atoms with Gasteiger partial charge in [0.05, 0.1) is 18.5 Å². The largest absolute Gasteiger partial charge is 0.487 e. The van der Waals surface area contributed by atoms with Crippen LogP contribution in [-0.2, 0) is 20.3 Å².